The molecule has 0 amide bonds. The van der Waals surface area contributed by atoms with Crippen molar-refractivity contribution >= 4 is 0 Å². The molecular formula is C18H23N3. The summed E-state index contributed by atoms with van der Waals surface area (Å²) in [5.41, 5.74) is 4.80. The Balaban J connectivity index is 1.92. The van der Waals surface area contributed by atoms with Gasteiger partial charge in [0.2, 0.25) is 0 Å². The van der Waals surface area contributed by atoms with Gasteiger partial charge in [-0.05, 0) is 33.6 Å². The maximum Gasteiger partial charge on any atom is 0.113 e. The largest absolute Gasteiger partial charge is 0.248 e. The normalized spacial score (nSPS) is 11.5. The summed E-state index contributed by atoms with van der Waals surface area (Å²) in [6, 6.07) is 10.1. The number of nitrogens with zero attached hydrogens (tertiary/aromatic N) is 3. The standard InChI is InChI=1S/C18H23N3/c1-15(2)8-7-9-16(3)12-13-21-14-18(19-20-21)17-10-5-4-6-11-17/h4-6,8,10-12,14H,7,9,13H2,1-3H3/b16-12+. The van der Waals surface area contributed by atoms with Crippen molar-refractivity contribution in [1.29, 1.82) is 0 Å². The Morgan fingerprint density at radius 1 is 1.10 bits per heavy atom. The molecule has 0 unspecified atom stereocenters. The van der Waals surface area contributed by atoms with Crippen molar-refractivity contribution in [3.63, 3.8) is 0 Å². The highest BCUT2D eigenvalue weighted by molar-refractivity contribution is 5.57. The summed E-state index contributed by atoms with van der Waals surface area (Å²) >= 11 is 0. The topological polar surface area (TPSA) is 30.7 Å². The van der Waals surface area contributed by atoms with Crippen molar-refractivity contribution in [1.82, 2.24) is 15.0 Å². The molecule has 0 atom stereocenters. The number of hydrogen-bond acceptors (Lipinski definition) is 2. The summed E-state index contributed by atoms with van der Waals surface area (Å²) < 4.78 is 1.88. The van der Waals surface area contributed by atoms with E-state index in [9.17, 15) is 0 Å². The molecule has 3 heteroatoms. The number of benzene rings is 1. The van der Waals surface area contributed by atoms with E-state index in [1.165, 1.54) is 11.1 Å². The van der Waals surface area contributed by atoms with E-state index in [4.69, 9.17) is 0 Å². The fourth-order valence-electron chi connectivity index (χ4n) is 2.07. The Morgan fingerprint density at radius 2 is 1.86 bits per heavy atom. The van der Waals surface area contributed by atoms with Crippen molar-refractivity contribution in [2.24, 2.45) is 0 Å². The Kier molecular flexibility index (Phi) is 5.50. The predicted octanol–water partition coefficient (Wildman–Crippen LogP) is 4.64. The van der Waals surface area contributed by atoms with Gasteiger partial charge in [0.25, 0.3) is 0 Å². The average Bonchev–Trinajstić information content (AvgIpc) is 2.94. The molecule has 0 saturated carbocycles. The van der Waals surface area contributed by atoms with Crippen LogP contribution in [0, 0.1) is 0 Å². The summed E-state index contributed by atoms with van der Waals surface area (Å²) in [5, 5.41) is 8.41. The van der Waals surface area contributed by atoms with Gasteiger partial charge in [0.05, 0.1) is 12.7 Å². The highest BCUT2D eigenvalue weighted by Gasteiger charge is 2.01. The van der Waals surface area contributed by atoms with Crippen LogP contribution in [0.5, 0.6) is 0 Å². The van der Waals surface area contributed by atoms with Crippen LogP contribution in [0.1, 0.15) is 33.6 Å². The monoisotopic (exact) mass is 281 g/mol. The SMILES string of the molecule is CC(C)=CCC/C(C)=C/Cn1cc(-c2ccccc2)nn1. The molecule has 2 aromatic rings. The molecule has 0 aliphatic carbocycles. The Hall–Kier alpha value is -2.16. The van der Waals surface area contributed by atoms with E-state index in [0.717, 1.165) is 30.6 Å². The summed E-state index contributed by atoms with van der Waals surface area (Å²) in [7, 11) is 0. The van der Waals surface area contributed by atoms with Gasteiger partial charge in [0, 0.05) is 5.56 Å². The van der Waals surface area contributed by atoms with Crippen LogP contribution in [0.2, 0.25) is 0 Å². The van der Waals surface area contributed by atoms with Crippen LogP contribution in [0.25, 0.3) is 11.3 Å². The molecule has 0 bridgehead atoms. The second kappa shape index (κ2) is 7.58. The first-order chi connectivity index (χ1) is 10.1. The zero-order chi connectivity index (χ0) is 15.1. The molecule has 1 aromatic carbocycles. The maximum atomic E-state index is 4.22. The smallest absolute Gasteiger partial charge is 0.113 e. The molecule has 0 N–H and O–H groups in total. The summed E-state index contributed by atoms with van der Waals surface area (Å²) in [5.74, 6) is 0. The second-order valence-corrected chi connectivity index (χ2v) is 5.56. The van der Waals surface area contributed by atoms with Crippen molar-refractivity contribution in [3.05, 3.63) is 59.8 Å². The van der Waals surface area contributed by atoms with Crippen LogP contribution in [0.4, 0.5) is 0 Å². The lowest BCUT2D eigenvalue weighted by atomic mass is 10.1. The summed E-state index contributed by atoms with van der Waals surface area (Å²) in [6.45, 7) is 7.23. The van der Waals surface area contributed by atoms with E-state index in [1.807, 2.05) is 29.1 Å². The van der Waals surface area contributed by atoms with Gasteiger partial charge in [0.1, 0.15) is 5.69 Å². The summed E-state index contributed by atoms with van der Waals surface area (Å²) in [6.07, 6.45) is 8.71. The van der Waals surface area contributed by atoms with E-state index in [-0.39, 0.29) is 0 Å². The van der Waals surface area contributed by atoms with Crippen LogP contribution >= 0.6 is 0 Å². The quantitative estimate of drug-likeness (QED) is 0.722. The first-order valence-corrected chi connectivity index (χ1v) is 7.39. The van der Waals surface area contributed by atoms with E-state index < -0.39 is 0 Å². The lowest BCUT2D eigenvalue weighted by Crippen LogP contribution is -1.96. The Bertz CT molecular complexity index is 617. The fraction of sp³-hybridized carbons (Fsp3) is 0.333. The van der Waals surface area contributed by atoms with Crippen LogP contribution in [-0.4, -0.2) is 15.0 Å². The molecule has 110 valence electrons. The molecule has 21 heavy (non-hydrogen) atoms. The van der Waals surface area contributed by atoms with Gasteiger partial charge in [-0.15, -0.1) is 5.10 Å². The number of rotatable bonds is 6. The third-order valence-corrected chi connectivity index (χ3v) is 3.33. The van der Waals surface area contributed by atoms with Gasteiger partial charge in [0.15, 0.2) is 0 Å². The number of aromatic nitrogens is 3. The van der Waals surface area contributed by atoms with E-state index in [1.54, 1.807) is 0 Å². The molecule has 0 radical (unpaired) electrons. The van der Waals surface area contributed by atoms with Gasteiger partial charge in [-0.25, -0.2) is 4.68 Å². The fourth-order valence-corrected chi connectivity index (χ4v) is 2.07. The van der Waals surface area contributed by atoms with Gasteiger partial charge >= 0.3 is 0 Å². The zero-order valence-corrected chi connectivity index (χ0v) is 13.1. The predicted molar refractivity (Wildman–Crippen MR) is 87.9 cm³/mol. The van der Waals surface area contributed by atoms with E-state index in [2.05, 4.69) is 55.4 Å². The lowest BCUT2D eigenvalue weighted by molar-refractivity contribution is 0.657. The Labute approximate surface area is 127 Å². The minimum Gasteiger partial charge on any atom is -0.248 e. The maximum absolute atomic E-state index is 4.22. The van der Waals surface area contributed by atoms with Crippen molar-refractivity contribution in [3.8, 4) is 11.3 Å². The molecule has 3 nitrogen and oxygen atoms in total. The molecule has 0 aliphatic rings. The first kappa shape index (κ1) is 15.2. The molecule has 0 saturated heterocycles. The van der Waals surface area contributed by atoms with Gasteiger partial charge in [-0.1, -0.05) is 58.8 Å². The first-order valence-electron chi connectivity index (χ1n) is 7.39. The average molecular weight is 281 g/mol. The van der Waals surface area contributed by atoms with Gasteiger partial charge in [-0.2, -0.15) is 0 Å². The van der Waals surface area contributed by atoms with E-state index >= 15 is 0 Å². The molecule has 1 aromatic heterocycles. The molecule has 0 fully saturated rings. The molecule has 0 aliphatic heterocycles. The third-order valence-electron chi connectivity index (χ3n) is 3.33. The van der Waals surface area contributed by atoms with Crippen molar-refractivity contribution in [2.75, 3.05) is 0 Å². The van der Waals surface area contributed by atoms with Crippen LogP contribution in [-0.2, 0) is 6.54 Å². The highest BCUT2D eigenvalue weighted by Crippen LogP contribution is 2.15. The lowest BCUT2D eigenvalue weighted by Gasteiger charge is -1.99. The van der Waals surface area contributed by atoms with Gasteiger partial charge < -0.3 is 0 Å². The van der Waals surface area contributed by atoms with E-state index in [0.29, 0.717) is 0 Å². The van der Waals surface area contributed by atoms with Crippen LogP contribution in [0.3, 0.4) is 0 Å². The van der Waals surface area contributed by atoms with Crippen LogP contribution < -0.4 is 0 Å². The number of hydrogen-bond donors (Lipinski definition) is 0. The van der Waals surface area contributed by atoms with Crippen LogP contribution in [0.15, 0.2) is 59.8 Å². The molecule has 2 rings (SSSR count). The molecular weight excluding hydrogens is 258 g/mol. The summed E-state index contributed by atoms with van der Waals surface area (Å²) in [4.78, 5) is 0. The third kappa shape index (κ3) is 5.03. The minimum absolute atomic E-state index is 0.778. The molecule has 0 spiro atoms. The minimum atomic E-state index is 0.778. The highest BCUT2D eigenvalue weighted by atomic mass is 15.4. The van der Waals surface area contributed by atoms with Crippen molar-refractivity contribution < 1.29 is 0 Å². The van der Waals surface area contributed by atoms with Crippen molar-refractivity contribution in [2.45, 2.75) is 40.2 Å². The second-order valence-electron chi connectivity index (χ2n) is 5.56. The number of allylic oxidation sites excluding steroid dienone is 4. The Morgan fingerprint density at radius 3 is 2.57 bits per heavy atom. The van der Waals surface area contributed by atoms with Gasteiger partial charge in [-0.3, -0.25) is 0 Å². The molecule has 1 heterocycles. The zero-order valence-electron chi connectivity index (χ0n) is 13.1.